The van der Waals surface area contributed by atoms with Crippen LogP contribution in [0.4, 0.5) is 23.7 Å². The van der Waals surface area contributed by atoms with Gasteiger partial charge < -0.3 is 5.32 Å². The van der Waals surface area contributed by atoms with E-state index in [1.54, 1.807) is 30.3 Å². The maximum atomic E-state index is 13.4. The van der Waals surface area contributed by atoms with E-state index in [0.29, 0.717) is 15.9 Å². The minimum Gasteiger partial charge on any atom is -0.307 e. The van der Waals surface area contributed by atoms with Gasteiger partial charge in [-0.2, -0.15) is 31.0 Å². The number of aromatic nitrogens is 2. The third kappa shape index (κ3) is 6.02. The zero-order valence-electron chi connectivity index (χ0n) is 20.6. The number of carbonyl (C=O) groups excluding carboxylic acids is 1. The van der Waals surface area contributed by atoms with E-state index in [1.807, 2.05) is 0 Å². The molecule has 0 saturated heterocycles. The first kappa shape index (κ1) is 26.2. The van der Waals surface area contributed by atoms with Gasteiger partial charge in [0, 0.05) is 18.4 Å². The largest absolute Gasteiger partial charge is 0.408 e. The number of urea groups is 1. The fraction of sp³-hybridized carbons (Fsp3) is 0.385. The number of aryl methyl sites for hydroxylation is 2. The summed E-state index contributed by atoms with van der Waals surface area (Å²) in [6.45, 7) is -1.71. The van der Waals surface area contributed by atoms with E-state index in [0.717, 1.165) is 60.2 Å². The number of nitrogens with zero attached hydrogens (tertiary/aromatic N) is 3. The van der Waals surface area contributed by atoms with E-state index >= 15 is 0 Å². The highest BCUT2D eigenvalue weighted by molar-refractivity contribution is 7.87. The second kappa shape index (κ2) is 10.4. The first-order valence-electron chi connectivity index (χ1n) is 12.5. The first-order valence-corrected chi connectivity index (χ1v) is 13.9. The highest BCUT2D eigenvalue weighted by Gasteiger charge is 2.30. The molecule has 2 amide bonds. The molecular weight excluding hydrogens is 519 g/mol. The zero-order valence-corrected chi connectivity index (χ0v) is 21.4. The summed E-state index contributed by atoms with van der Waals surface area (Å²) in [7, 11) is -4.39. The van der Waals surface area contributed by atoms with Crippen molar-refractivity contribution in [3.63, 3.8) is 0 Å². The third-order valence-corrected chi connectivity index (χ3v) is 8.23. The fourth-order valence-electron chi connectivity index (χ4n) is 5.24. The van der Waals surface area contributed by atoms with Crippen LogP contribution in [0, 0.1) is 0 Å². The van der Waals surface area contributed by atoms with Gasteiger partial charge in [-0.05, 0) is 72.4 Å². The number of amides is 2. The van der Waals surface area contributed by atoms with Gasteiger partial charge in [-0.25, -0.2) is 9.52 Å². The normalized spacial score (nSPS) is 14.9. The number of rotatable bonds is 8. The predicted molar refractivity (Wildman–Crippen MR) is 136 cm³/mol. The predicted octanol–water partition coefficient (Wildman–Crippen LogP) is 4.49. The molecule has 0 fully saturated rings. The minimum absolute atomic E-state index is 0.105. The van der Waals surface area contributed by atoms with E-state index in [-0.39, 0.29) is 18.8 Å². The molecule has 0 spiro atoms. The average molecular weight is 548 g/mol. The van der Waals surface area contributed by atoms with Gasteiger partial charge in [-0.15, -0.1) is 0 Å². The van der Waals surface area contributed by atoms with Crippen LogP contribution >= 0.6 is 0 Å². The Morgan fingerprint density at radius 1 is 0.974 bits per heavy atom. The lowest BCUT2D eigenvalue weighted by Gasteiger charge is -2.22. The second-order valence-electron chi connectivity index (χ2n) is 9.67. The maximum absolute atomic E-state index is 13.4. The van der Waals surface area contributed by atoms with Crippen molar-refractivity contribution in [2.75, 3.05) is 5.32 Å². The number of hydrogen-bond donors (Lipinski definition) is 2. The highest BCUT2D eigenvalue weighted by atomic mass is 32.2. The average Bonchev–Trinajstić information content (AvgIpc) is 3.59. The van der Waals surface area contributed by atoms with E-state index in [1.165, 1.54) is 17.2 Å². The maximum Gasteiger partial charge on any atom is 0.408 e. The molecular formula is C26H28F3N5O3S. The van der Waals surface area contributed by atoms with Crippen molar-refractivity contribution in [1.82, 2.24) is 18.8 Å². The van der Waals surface area contributed by atoms with E-state index in [2.05, 4.69) is 21.2 Å². The van der Waals surface area contributed by atoms with Crippen molar-refractivity contribution < 1.29 is 26.4 Å². The van der Waals surface area contributed by atoms with Crippen LogP contribution in [-0.4, -0.2) is 34.7 Å². The summed E-state index contributed by atoms with van der Waals surface area (Å²) in [5.41, 5.74) is 6.00. The van der Waals surface area contributed by atoms with Gasteiger partial charge in [-0.1, -0.05) is 36.4 Å². The van der Waals surface area contributed by atoms with Gasteiger partial charge in [0.05, 0.1) is 12.2 Å². The standard InChI is InChI=1S/C26H28F3N5O3S/c27-26(28,29)17-33-13-12-21(31-33)16-34(15-18-6-2-1-3-7-18)38(36,37)32-25(35)30-24-22-10-4-8-19(22)14-20-9-5-11-23(20)24/h1-3,6-7,12-14H,4-5,8-11,15-17H2,(H2,30,32,35). The van der Waals surface area contributed by atoms with Crippen molar-refractivity contribution in [3.05, 3.63) is 82.2 Å². The monoisotopic (exact) mass is 547 g/mol. The number of nitrogens with one attached hydrogen (secondary N) is 2. The van der Waals surface area contributed by atoms with Crippen molar-refractivity contribution in [2.24, 2.45) is 0 Å². The smallest absolute Gasteiger partial charge is 0.307 e. The Bertz CT molecular complexity index is 1410. The number of carbonyl (C=O) groups is 1. The molecule has 1 aromatic heterocycles. The van der Waals surface area contributed by atoms with E-state index in [9.17, 15) is 26.4 Å². The molecule has 2 aliphatic rings. The lowest BCUT2D eigenvalue weighted by molar-refractivity contribution is -0.142. The molecule has 0 saturated carbocycles. The molecule has 38 heavy (non-hydrogen) atoms. The molecule has 12 heteroatoms. The van der Waals surface area contributed by atoms with Crippen LogP contribution in [0.3, 0.4) is 0 Å². The molecule has 2 aromatic carbocycles. The fourth-order valence-corrected chi connectivity index (χ4v) is 6.28. The van der Waals surface area contributed by atoms with Crippen molar-refractivity contribution in [2.45, 2.75) is 64.3 Å². The van der Waals surface area contributed by atoms with Crippen LogP contribution < -0.4 is 10.0 Å². The first-order chi connectivity index (χ1) is 18.1. The number of benzene rings is 2. The summed E-state index contributed by atoms with van der Waals surface area (Å²) in [5, 5.41) is 6.69. The molecule has 2 N–H and O–H groups in total. The van der Waals surface area contributed by atoms with Crippen LogP contribution in [0.2, 0.25) is 0 Å². The van der Waals surface area contributed by atoms with E-state index in [4.69, 9.17) is 0 Å². The van der Waals surface area contributed by atoms with Crippen molar-refractivity contribution in [1.29, 1.82) is 0 Å². The molecule has 0 atom stereocenters. The minimum atomic E-state index is -4.46. The number of hydrogen-bond acceptors (Lipinski definition) is 4. The van der Waals surface area contributed by atoms with Crippen LogP contribution in [0.5, 0.6) is 0 Å². The van der Waals surface area contributed by atoms with Crippen LogP contribution in [0.25, 0.3) is 0 Å². The Morgan fingerprint density at radius 3 is 2.26 bits per heavy atom. The summed E-state index contributed by atoms with van der Waals surface area (Å²) in [6, 6.07) is 11.4. The molecule has 0 radical (unpaired) electrons. The Morgan fingerprint density at radius 2 is 1.63 bits per heavy atom. The van der Waals surface area contributed by atoms with Gasteiger partial charge in [0.2, 0.25) is 0 Å². The number of fused-ring (bicyclic) bond motifs is 2. The Kier molecular flexibility index (Phi) is 7.19. The topological polar surface area (TPSA) is 96.3 Å². The molecule has 2 aliphatic carbocycles. The molecule has 0 aliphatic heterocycles. The second-order valence-corrected chi connectivity index (χ2v) is 11.3. The third-order valence-electron chi connectivity index (χ3n) is 6.85. The van der Waals surface area contributed by atoms with Gasteiger partial charge in [0.15, 0.2) is 0 Å². The molecule has 8 nitrogen and oxygen atoms in total. The summed E-state index contributed by atoms with van der Waals surface area (Å²) >= 11 is 0. The van der Waals surface area contributed by atoms with Crippen molar-refractivity contribution >= 4 is 21.9 Å². The lowest BCUT2D eigenvalue weighted by atomic mass is 9.99. The van der Waals surface area contributed by atoms with Gasteiger partial charge in [-0.3, -0.25) is 4.68 Å². The zero-order chi connectivity index (χ0) is 26.9. The summed E-state index contributed by atoms with van der Waals surface area (Å²) in [6.07, 6.45) is 2.17. The molecule has 3 aromatic rings. The molecule has 202 valence electrons. The molecule has 1 heterocycles. The van der Waals surface area contributed by atoms with Crippen LogP contribution in [-0.2, 0) is 55.5 Å². The number of anilines is 1. The quantitative estimate of drug-likeness (QED) is 0.434. The van der Waals surface area contributed by atoms with Crippen LogP contribution in [0.15, 0.2) is 48.7 Å². The Hall–Kier alpha value is -3.38. The van der Waals surface area contributed by atoms with Gasteiger partial charge in [0.25, 0.3) is 0 Å². The number of alkyl halides is 3. The number of halogens is 3. The molecule has 0 unspecified atom stereocenters. The Balaban J connectivity index is 1.36. The van der Waals surface area contributed by atoms with Crippen LogP contribution in [0.1, 0.15) is 46.4 Å². The summed E-state index contributed by atoms with van der Waals surface area (Å²) in [4.78, 5) is 13.0. The summed E-state index contributed by atoms with van der Waals surface area (Å²) < 4.78 is 68.8. The molecule has 0 bridgehead atoms. The lowest BCUT2D eigenvalue weighted by Crippen LogP contribution is -2.44. The molecule has 5 rings (SSSR count). The van der Waals surface area contributed by atoms with Gasteiger partial charge in [0.1, 0.15) is 6.54 Å². The van der Waals surface area contributed by atoms with Crippen molar-refractivity contribution in [3.8, 4) is 0 Å². The van der Waals surface area contributed by atoms with Gasteiger partial charge >= 0.3 is 22.4 Å². The van der Waals surface area contributed by atoms with E-state index < -0.39 is 29.0 Å². The summed E-state index contributed by atoms with van der Waals surface area (Å²) in [5.74, 6) is 0. The highest BCUT2D eigenvalue weighted by Crippen LogP contribution is 2.38. The Labute approximate surface area is 219 Å². The SMILES string of the molecule is O=C(Nc1c2c(cc3c1CCC3)CCC2)NS(=O)(=O)N(Cc1ccccc1)Cc1ccn(CC(F)(F)F)n1.